The van der Waals surface area contributed by atoms with Gasteiger partial charge in [-0.05, 0) is 59.0 Å². The van der Waals surface area contributed by atoms with Crippen molar-refractivity contribution in [3.05, 3.63) is 36.0 Å². The molecule has 0 heterocycles. The Morgan fingerprint density at radius 3 is 2.30 bits per heavy atom. The van der Waals surface area contributed by atoms with Gasteiger partial charge in [0.1, 0.15) is 0 Å². The third-order valence-electron chi connectivity index (χ3n) is 3.94. The largest absolute Gasteiger partial charge is 0.306 e. The Labute approximate surface area is 127 Å². The molecule has 0 aliphatic carbocycles. The van der Waals surface area contributed by atoms with Crippen molar-refractivity contribution in [2.24, 2.45) is 5.41 Å². The van der Waals surface area contributed by atoms with Gasteiger partial charge in [0.15, 0.2) is 0 Å². The lowest BCUT2D eigenvalue weighted by molar-refractivity contribution is 0.251. The first-order chi connectivity index (χ1) is 9.21. The maximum Gasteiger partial charge on any atom is 0.0124 e. The van der Waals surface area contributed by atoms with E-state index in [0.717, 1.165) is 12.8 Å². The summed E-state index contributed by atoms with van der Waals surface area (Å²) in [6.07, 6.45) is 11.4. The van der Waals surface area contributed by atoms with Crippen molar-refractivity contribution in [1.29, 1.82) is 0 Å². The Morgan fingerprint density at radius 2 is 1.85 bits per heavy atom. The number of rotatable bonds is 9. The molecule has 0 spiro atoms. The van der Waals surface area contributed by atoms with Crippen molar-refractivity contribution in [1.82, 2.24) is 4.90 Å². The minimum atomic E-state index is 0.254. The molecular formula is C19H35N. The van der Waals surface area contributed by atoms with Crippen LogP contribution in [0.25, 0.3) is 0 Å². The van der Waals surface area contributed by atoms with Crippen molar-refractivity contribution in [3.8, 4) is 0 Å². The molecule has 1 unspecified atom stereocenters. The molecule has 0 aliphatic rings. The molecule has 0 saturated carbocycles. The van der Waals surface area contributed by atoms with Crippen molar-refractivity contribution < 1.29 is 0 Å². The summed E-state index contributed by atoms with van der Waals surface area (Å²) in [5.74, 6) is 0. The first-order valence-electron chi connectivity index (χ1n) is 7.85. The summed E-state index contributed by atoms with van der Waals surface area (Å²) in [6.45, 7) is 15.2. The second kappa shape index (κ2) is 9.18. The molecular weight excluding hydrogens is 242 g/mol. The fraction of sp³-hybridized carbons (Fsp3) is 0.684. The van der Waals surface area contributed by atoms with Gasteiger partial charge in [0, 0.05) is 6.04 Å². The maximum atomic E-state index is 3.87. The Morgan fingerprint density at radius 1 is 1.25 bits per heavy atom. The zero-order valence-electron chi connectivity index (χ0n) is 14.8. The van der Waals surface area contributed by atoms with E-state index in [4.69, 9.17) is 0 Å². The van der Waals surface area contributed by atoms with Crippen LogP contribution in [-0.4, -0.2) is 25.0 Å². The number of hydrogen-bond acceptors (Lipinski definition) is 1. The van der Waals surface area contributed by atoms with Gasteiger partial charge in [-0.3, -0.25) is 0 Å². The van der Waals surface area contributed by atoms with Gasteiger partial charge in [0.25, 0.3) is 0 Å². The molecule has 0 fully saturated rings. The molecule has 0 bridgehead atoms. The minimum absolute atomic E-state index is 0.254. The van der Waals surface area contributed by atoms with Crippen LogP contribution in [0, 0.1) is 5.41 Å². The highest BCUT2D eigenvalue weighted by atomic mass is 15.1. The van der Waals surface area contributed by atoms with Crippen LogP contribution in [-0.2, 0) is 0 Å². The Bertz CT molecular complexity index is 345. The number of allylic oxidation sites excluding steroid dienone is 4. The lowest BCUT2D eigenvalue weighted by Gasteiger charge is -2.28. The van der Waals surface area contributed by atoms with E-state index in [1.807, 2.05) is 6.08 Å². The maximum absolute atomic E-state index is 3.87. The van der Waals surface area contributed by atoms with Gasteiger partial charge in [-0.15, -0.1) is 6.58 Å². The van der Waals surface area contributed by atoms with Gasteiger partial charge in [-0.25, -0.2) is 0 Å². The highest BCUT2D eigenvalue weighted by Crippen LogP contribution is 2.28. The topological polar surface area (TPSA) is 3.24 Å². The monoisotopic (exact) mass is 277 g/mol. The van der Waals surface area contributed by atoms with E-state index in [2.05, 4.69) is 72.3 Å². The van der Waals surface area contributed by atoms with Crippen molar-refractivity contribution in [2.45, 2.75) is 66.3 Å². The molecule has 0 aromatic carbocycles. The normalized spacial score (nSPS) is 15.6. The molecule has 116 valence electrons. The summed E-state index contributed by atoms with van der Waals surface area (Å²) in [6, 6.07) is 0.605. The first kappa shape index (κ1) is 19.2. The summed E-state index contributed by atoms with van der Waals surface area (Å²) < 4.78 is 0. The van der Waals surface area contributed by atoms with E-state index >= 15 is 0 Å². The Hall–Kier alpha value is -0.820. The predicted molar refractivity (Wildman–Crippen MR) is 93.1 cm³/mol. The van der Waals surface area contributed by atoms with E-state index in [9.17, 15) is 0 Å². The fourth-order valence-corrected chi connectivity index (χ4v) is 2.54. The number of hydrogen-bond donors (Lipinski definition) is 0. The zero-order valence-corrected chi connectivity index (χ0v) is 14.8. The summed E-state index contributed by atoms with van der Waals surface area (Å²) in [5.41, 5.74) is 3.09. The quantitative estimate of drug-likeness (QED) is 0.391. The SMILES string of the molecule is C=CCC(CCC(C)(C)/C=C(C)\C=C(/C)CC)N(C)C. The minimum Gasteiger partial charge on any atom is -0.306 e. The predicted octanol–water partition coefficient (Wildman–Crippen LogP) is 5.60. The molecule has 0 amide bonds. The van der Waals surface area contributed by atoms with E-state index in [1.165, 1.54) is 24.0 Å². The van der Waals surface area contributed by atoms with Gasteiger partial charge < -0.3 is 4.90 Å². The van der Waals surface area contributed by atoms with Crippen molar-refractivity contribution in [2.75, 3.05) is 14.1 Å². The molecule has 1 nitrogen and oxygen atoms in total. The average Bonchev–Trinajstić information content (AvgIpc) is 2.32. The van der Waals surface area contributed by atoms with Gasteiger partial charge in [0.05, 0.1) is 0 Å². The zero-order chi connectivity index (χ0) is 15.8. The summed E-state index contributed by atoms with van der Waals surface area (Å²) in [4.78, 5) is 2.31. The molecule has 1 atom stereocenters. The molecule has 0 radical (unpaired) electrons. The van der Waals surface area contributed by atoms with Crippen LogP contribution in [0.15, 0.2) is 36.0 Å². The van der Waals surface area contributed by atoms with Crippen molar-refractivity contribution in [3.63, 3.8) is 0 Å². The molecule has 0 aromatic rings. The average molecular weight is 277 g/mol. The summed E-state index contributed by atoms with van der Waals surface area (Å²) >= 11 is 0. The van der Waals surface area contributed by atoms with Crippen LogP contribution in [0.5, 0.6) is 0 Å². The lowest BCUT2D eigenvalue weighted by Crippen LogP contribution is -2.28. The van der Waals surface area contributed by atoms with E-state index in [1.54, 1.807) is 0 Å². The van der Waals surface area contributed by atoms with Crippen LogP contribution >= 0.6 is 0 Å². The van der Waals surface area contributed by atoms with Crippen LogP contribution in [0.3, 0.4) is 0 Å². The summed E-state index contributed by atoms with van der Waals surface area (Å²) in [7, 11) is 4.32. The van der Waals surface area contributed by atoms with Crippen molar-refractivity contribution >= 4 is 0 Å². The van der Waals surface area contributed by atoms with E-state index in [-0.39, 0.29) is 5.41 Å². The molecule has 0 N–H and O–H groups in total. The standard InChI is InChI=1S/C19H35N/c1-9-11-18(20(7)8)12-13-19(5,6)15-17(4)14-16(3)10-2/h9,14-15,18H,1,10-13H2,2-8H3/b16-14+,17-15-. The summed E-state index contributed by atoms with van der Waals surface area (Å²) in [5, 5.41) is 0. The number of nitrogens with zero attached hydrogens (tertiary/aromatic N) is 1. The smallest absolute Gasteiger partial charge is 0.0124 e. The van der Waals surface area contributed by atoms with Gasteiger partial charge in [-0.1, -0.05) is 50.1 Å². The molecule has 20 heavy (non-hydrogen) atoms. The molecule has 0 saturated heterocycles. The van der Waals surface area contributed by atoms with Crippen LogP contribution < -0.4 is 0 Å². The van der Waals surface area contributed by atoms with Gasteiger partial charge in [0.2, 0.25) is 0 Å². The second-order valence-electron chi connectivity index (χ2n) is 6.90. The van der Waals surface area contributed by atoms with Crippen LogP contribution in [0.2, 0.25) is 0 Å². The van der Waals surface area contributed by atoms with E-state index in [0.29, 0.717) is 6.04 Å². The Balaban J connectivity index is 4.65. The molecule has 0 aliphatic heterocycles. The molecule has 0 aromatic heterocycles. The fourth-order valence-electron chi connectivity index (χ4n) is 2.54. The third kappa shape index (κ3) is 8.37. The second-order valence-corrected chi connectivity index (χ2v) is 6.90. The van der Waals surface area contributed by atoms with Gasteiger partial charge in [-0.2, -0.15) is 0 Å². The Kier molecular flexibility index (Phi) is 8.80. The molecule has 1 heteroatoms. The van der Waals surface area contributed by atoms with Crippen LogP contribution in [0.4, 0.5) is 0 Å². The highest BCUT2D eigenvalue weighted by molar-refractivity contribution is 5.22. The van der Waals surface area contributed by atoms with E-state index < -0.39 is 0 Å². The van der Waals surface area contributed by atoms with Crippen LogP contribution in [0.1, 0.15) is 60.3 Å². The highest BCUT2D eigenvalue weighted by Gasteiger charge is 2.18. The first-order valence-corrected chi connectivity index (χ1v) is 7.85. The lowest BCUT2D eigenvalue weighted by atomic mass is 9.83. The molecule has 0 rings (SSSR count). The third-order valence-corrected chi connectivity index (χ3v) is 3.94. The van der Waals surface area contributed by atoms with Gasteiger partial charge >= 0.3 is 0 Å².